The van der Waals surface area contributed by atoms with Gasteiger partial charge in [-0.1, -0.05) is 35.8 Å². The summed E-state index contributed by atoms with van der Waals surface area (Å²) in [5.74, 6) is 0.273. The van der Waals surface area contributed by atoms with Crippen LogP contribution in [-0.2, 0) is 10.2 Å². The van der Waals surface area contributed by atoms with Gasteiger partial charge in [0.2, 0.25) is 0 Å². The van der Waals surface area contributed by atoms with E-state index in [2.05, 4.69) is 25.4 Å². The molecule has 0 atom stereocenters. The molecule has 0 unspecified atom stereocenters. The Morgan fingerprint density at radius 2 is 2.00 bits per heavy atom. The predicted molar refractivity (Wildman–Crippen MR) is 74.3 cm³/mol. The van der Waals surface area contributed by atoms with Gasteiger partial charge in [0.25, 0.3) is 10.2 Å². The van der Waals surface area contributed by atoms with Crippen LogP contribution < -0.4 is 9.44 Å². The van der Waals surface area contributed by atoms with E-state index in [0.29, 0.717) is 12.2 Å². The van der Waals surface area contributed by atoms with Crippen LogP contribution in [-0.4, -0.2) is 15.0 Å². The van der Waals surface area contributed by atoms with E-state index in [4.69, 9.17) is 0 Å². The van der Waals surface area contributed by atoms with E-state index in [1.807, 2.05) is 32.9 Å². The first-order valence-corrected chi connectivity index (χ1v) is 7.61. The van der Waals surface area contributed by atoms with E-state index in [1.54, 1.807) is 6.07 Å². The number of halogens is 1. The molecule has 0 saturated heterocycles. The van der Waals surface area contributed by atoms with E-state index >= 15 is 0 Å². The fraction of sp³-hybridized carbons (Fsp3) is 0.455. The van der Waals surface area contributed by atoms with Gasteiger partial charge in [-0.25, -0.2) is 0 Å². The van der Waals surface area contributed by atoms with Crippen molar-refractivity contribution in [2.24, 2.45) is 5.92 Å². The van der Waals surface area contributed by atoms with E-state index < -0.39 is 10.2 Å². The van der Waals surface area contributed by atoms with Gasteiger partial charge in [0, 0.05) is 11.0 Å². The fourth-order valence-electron chi connectivity index (χ4n) is 1.16. The van der Waals surface area contributed by atoms with Crippen molar-refractivity contribution in [3.8, 4) is 0 Å². The van der Waals surface area contributed by atoms with E-state index in [-0.39, 0.29) is 5.92 Å². The summed E-state index contributed by atoms with van der Waals surface area (Å²) in [5, 5.41) is 0. The summed E-state index contributed by atoms with van der Waals surface area (Å²) in [5.41, 5.74) is 1.46. The molecule has 0 aliphatic heterocycles. The highest BCUT2D eigenvalue weighted by molar-refractivity contribution is 9.10. The molecule has 0 aliphatic carbocycles. The topological polar surface area (TPSA) is 58.2 Å². The van der Waals surface area contributed by atoms with Crippen molar-refractivity contribution < 1.29 is 8.42 Å². The lowest BCUT2D eigenvalue weighted by Crippen LogP contribution is -2.33. The van der Waals surface area contributed by atoms with Crippen LogP contribution in [0.15, 0.2) is 22.7 Å². The number of rotatable bonds is 5. The highest BCUT2D eigenvalue weighted by atomic mass is 79.9. The van der Waals surface area contributed by atoms with E-state index in [1.165, 1.54) is 0 Å². The van der Waals surface area contributed by atoms with Gasteiger partial charge < -0.3 is 0 Å². The van der Waals surface area contributed by atoms with Crippen molar-refractivity contribution in [1.82, 2.24) is 4.72 Å². The molecular formula is C11H17BrN2O2S. The van der Waals surface area contributed by atoms with Gasteiger partial charge in [-0.3, -0.25) is 4.72 Å². The Hall–Kier alpha value is -0.590. The number of aryl methyl sites for hydroxylation is 1. The minimum Gasteiger partial charge on any atom is -0.271 e. The third-order valence-electron chi connectivity index (χ3n) is 2.13. The lowest BCUT2D eigenvalue weighted by atomic mass is 10.2. The normalized spacial score (nSPS) is 11.8. The maximum absolute atomic E-state index is 11.7. The van der Waals surface area contributed by atoms with Crippen LogP contribution in [0.1, 0.15) is 19.4 Å². The molecule has 96 valence electrons. The molecule has 6 heteroatoms. The van der Waals surface area contributed by atoms with Crippen LogP contribution >= 0.6 is 15.9 Å². The first-order chi connectivity index (χ1) is 7.80. The summed E-state index contributed by atoms with van der Waals surface area (Å²) in [6.45, 7) is 6.18. The number of hydrogen-bond acceptors (Lipinski definition) is 2. The van der Waals surface area contributed by atoms with Crippen LogP contribution in [0.3, 0.4) is 0 Å². The molecule has 0 spiro atoms. The summed E-state index contributed by atoms with van der Waals surface area (Å²) in [7, 11) is -3.49. The molecule has 0 aliphatic rings. The molecule has 0 fully saturated rings. The maximum atomic E-state index is 11.7. The Morgan fingerprint density at radius 1 is 1.35 bits per heavy atom. The lowest BCUT2D eigenvalue weighted by molar-refractivity contribution is 0.565. The van der Waals surface area contributed by atoms with Crippen molar-refractivity contribution in [3.05, 3.63) is 28.2 Å². The highest BCUT2D eigenvalue weighted by Crippen LogP contribution is 2.21. The Morgan fingerprint density at radius 3 is 2.59 bits per heavy atom. The second kappa shape index (κ2) is 5.84. The molecule has 0 saturated carbocycles. The second-order valence-corrected chi connectivity index (χ2v) is 6.72. The van der Waals surface area contributed by atoms with Gasteiger partial charge in [-0.15, -0.1) is 0 Å². The molecule has 0 radical (unpaired) electrons. The summed E-state index contributed by atoms with van der Waals surface area (Å²) in [6, 6.07) is 5.46. The minimum atomic E-state index is -3.49. The van der Waals surface area contributed by atoms with Crippen LogP contribution in [0.5, 0.6) is 0 Å². The third-order valence-corrected chi connectivity index (χ3v) is 3.65. The summed E-state index contributed by atoms with van der Waals surface area (Å²) < 4.78 is 29.3. The van der Waals surface area contributed by atoms with Gasteiger partial charge in [-0.05, 0) is 30.5 Å². The zero-order chi connectivity index (χ0) is 13.1. The molecule has 0 bridgehead atoms. The number of anilines is 1. The van der Waals surface area contributed by atoms with E-state index in [0.717, 1.165) is 10.0 Å². The molecule has 1 aromatic rings. The zero-order valence-electron chi connectivity index (χ0n) is 10.1. The van der Waals surface area contributed by atoms with Crippen molar-refractivity contribution in [2.45, 2.75) is 20.8 Å². The van der Waals surface area contributed by atoms with Gasteiger partial charge in [0.15, 0.2) is 0 Å². The molecule has 0 heterocycles. The second-order valence-electron chi connectivity index (χ2n) is 4.31. The standard InChI is InChI=1S/C11H17BrN2O2S/c1-8(2)7-13-17(15,16)14-11-6-10(12)5-4-9(11)3/h4-6,8,13-14H,7H2,1-3H3. The van der Waals surface area contributed by atoms with Crippen molar-refractivity contribution in [1.29, 1.82) is 0 Å². The number of hydrogen-bond donors (Lipinski definition) is 2. The smallest absolute Gasteiger partial charge is 0.271 e. The van der Waals surface area contributed by atoms with Gasteiger partial charge in [0.1, 0.15) is 0 Å². The van der Waals surface area contributed by atoms with Gasteiger partial charge in [0.05, 0.1) is 5.69 Å². The Kier molecular flexibility index (Phi) is 4.97. The quantitative estimate of drug-likeness (QED) is 0.876. The summed E-state index contributed by atoms with van der Waals surface area (Å²) in [6.07, 6.45) is 0. The Labute approximate surface area is 111 Å². The summed E-state index contributed by atoms with van der Waals surface area (Å²) >= 11 is 3.31. The van der Waals surface area contributed by atoms with Crippen LogP contribution in [0.2, 0.25) is 0 Å². The predicted octanol–water partition coefficient (Wildman–Crippen LogP) is 2.66. The molecule has 1 rings (SSSR count). The average molecular weight is 321 g/mol. The molecule has 0 aromatic heterocycles. The first-order valence-electron chi connectivity index (χ1n) is 5.34. The van der Waals surface area contributed by atoms with Crippen molar-refractivity contribution >= 4 is 31.8 Å². The zero-order valence-corrected chi connectivity index (χ0v) is 12.5. The van der Waals surface area contributed by atoms with Gasteiger partial charge >= 0.3 is 0 Å². The summed E-state index contributed by atoms with van der Waals surface area (Å²) in [4.78, 5) is 0. The molecular weight excluding hydrogens is 304 g/mol. The minimum absolute atomic E-state index is 0.273. The van der Waals surface area contributed by atoms with Gasteiger partial charge in [-0.2, -0.15) is 13.1 Å². The lowest BCUT2D eigenvalue weighted by Gasteiger charge is -2.12. The largest absolute Gasteiger partial charge is 0.299 e. The van der Waals surface area contributed by atoms with Crippen LogP contribution in [0.4, 0.5) is 5.69 Å². The molecule has 17 heavy (non-hydrogen) atoms. The van der Waals surface area contributed by atoms with E-state index in [9.17, 15) is 8.42 Å². The molecule has 1 aromatic carbocycles. The Bertz CT molecular complexity index is 486. The Balaban J connectivity index is 2.79. The van der Waals surface area contributed by atoms with Crippen LogP contribution in [0.25, 0.3) is 0 Å². The molecule has 4 nitrogen and oxygen atoms in total. The molecule has 0 amide bonds. The average Bonchev–Trinajstić information content (AvgIpc) is 2.20. The SMILES string of the molecule is Cc1ccc(Br)cc1NS(=O)(=O)NCC(C)C. The maximum Gasteiger partial charge on any atom is 0.299 e. The fourth-order valence-corrected chi connectivity index (χ4v) is 2.66. The third kappa shape index (κ3) is 5.06. The van der Waals surface area contributed by atoms with Crippen molar-refractivity contribution in [3.63, 3.8) is 0 Å². The van der Waals surface area contributed by atoms with Crippen molar-refractivity contribution in [2.75, 3.05) is 11.3 Å². The number of benzene rings is 1. The monoisotopic (exact) mass is 320 g/mol. The molecule has 2 N–H and O–H groups in total. The highest BCUT2D eigenvalue weighted by Gasteiger charge is 2.11. The first kappa shape index (κ1) is 14.5. The van der Waals surface area contributed by atoms with Crippen LogP contribution in [0, 0.1) is 12.8 Å². The number of nitrogens with one attached hydrogen (secondary N) is 2.